The number of carbonyl (C=O) groups excluding carboxylic acids is 3. The highest BCUT2D eigenvalue weighted by molar-refractivity contribution is 6.22. The molecule has 0 saturated heterocycles. The molecule has 0 spiro atoms. The predicted octanol–water partition coefficient (Wildman–Crippen LogP) is 2.47. The van der Waals surface area contributed by atoms with Gasteiger partial charge in [-0.1, -0.05) is 25.5 Å². The number of benzene rings is 1. The summed E-state index contributed by atoms with van der Waals surface area (Å²) in [5.74, 6) is -2.21. The minimum absolute atomic E-state index is 0.0714. The molecule has 3 amide bonds. The van der Waals surface area contributed by atoms with Crippen molar-refractivity contribution in [2.75, 3.05) is 19.6 Å². The van der Waals surface area contributed by atoms with Gasteiger partial charge < -0.3 is 4.90 Å². The maximum absolute atomic E-state index is 12.6. The van der Waals surface area contributed by atoms with Crippen molar-refractivity contribution in [2.45, 2.75) is 25.9 Å². The molecular formula is C16H17F3N2O3. The van der Waals surface area contributed by atoms with Gasteiger partial charge in [0.05, 0.1) is 11.1 Å². The molecule has 1 heterocycles. The minimum atomic E-state index is -4.54. The van der Waals surface area contributed by atoms with E-state index in [-0.39, 0.29) is 17.7 Å². The number of carbonyl (C=O) groups is 3. The summed E-state index contributed by atoms with van der Waals surface area (Å²) in [5.41, 5.74) is 0.317. The van der Waals surface area contributed by atoms with Gasteiger partial charge in [0.1, 0.15) is 13.1 Å². The Hall–Kier alpha value is -2.38. The van der Waals surface area contributed by atoms with Crippen LogP contribution in [0.2, 0.25) is 0 Å². The molecule has 130 valence electrons. The van der Waals surface area contributed by atoms with Crippen LogP contribution < -0.4 is 0 Å². The number of fused-ring (bicyclic) bond motifs is 1. The fourth-order valence-electron chi connectivity index (χ4n) is 2.48. The first-order valence-electron chi connectivity index (χ1n) is 7.54. The highest BCUT2D eigenvalue weighted by atomic mass is 19.4. The second kappa shape index (κ2) is 7.02. The van der Waals surface area contributed by atoms with Crippen LogP contribution in [0.25, 0.3) is 0 Å². The zero-order valence-corrected chi connectivity index (χ0v) is 13.1. The number of halogens is 3. The molecule has 5 nitrogen and oxygen atoms in total. The lowest BCUT2D eigenvalue weighted by Gasteiger charge is -2.25. The summed E-state index contributed by atoms with van der Waals surface area (Å²) in [5, 5.41) is 0. The Kier molecular flexibility index (Phi) is 5.26. The van der Waals surface area contributed by atoms with Crippen LogP contribution in [0.15, 0.2) is 24.3 Å². The van der Waals surface area contributed by atoms with E-state index in [9.17, 15) is 27.6 Å². The normalized spacial score (nSPS) is 14.1. The molecule has 0 fully saturated rings. The maximum atomic E-state index is 12.6. The van der Waals surface area contributed by atoms with E-state index in [2.05, 4.69) is 0 Å². The second-order valence-electron chi connectivity index (χ2n) is 5.53. The van der Waals surface area contributed by atoms with Crippen LogP contribution in [0.4, 0.5) is 13.2 Å². The standard InChI is InChI=1S/C16H17F3N2O3/c1-2-3-8-20(10-16(17,18)19)13(22)9-21-14(23)11-6-4-5-7-12(11)15(21)24/h4-7H,2-3,8-10H2,1H3. The van der Waals surface area contributed by atoms with Gasteiger partial charge in [-0.2, -0.15) is 13.2 Å². The number of hydrogen-bond acceptors (Lipinski definition) is 3. The number of amides is 3. The van der Waals surface area contributed by atoms with Gasteiger partial charge in [0.15, 0.2) is 0 Å². The van der Waals surface area contributed by atoms with Gasteiger partial charge in [-0.05, 0) is 18.6 Å². The van der Waals surface area contributed by atoms with Crippen molar-refractivity contribution >= 4 is 17.7 Å². The first kappa shape index (κ1) is 18.0. The second-order valence-corrected chi connectivity index (χ2v) is 5.53. The predicted molar refractivity (Wildman–Crippen MR) is 79.4 cm³/mol. The van der Waals surface area contributed by atoms with Crippen molar-refractivity contribution in [3.8, 4) is 0 Å². The molecule has 0 N–H and O–H groups in total. The molecule has 0 aromatic heterocycles. The third kappa shape index (κ3) is 3.93. The van der Waals surface area contributed by atoms with Gasteiger partial charge in [-0.3, -0.25) is 19.3 Å². The fourth-order valence-corrected chi connectivity index (χ4v) is 2.48. The molecule has 2 rings (SSSR count). The topological polar surface area (TPSA) is 57.7 Å². The smallest absolute Gasteiger partial charge is 0.332 e. The molecule has 1 aliphatic heterocycles. The lowest BCUT2D eigenvalue weighted by Crippen LogP contribution is -2.46. The summed E-state index contributed by atoms with van der Waals surface area (Å²) in [6.45, 7) is -0.362. The molecule has 8 heteroatoms. The Morgan fingerprint density at radius 1 is 1.12 bits per heavy atom. The first-order chi connectivity index (χ1) is 11.2. The van der Waals surface area contributed by atoms with Gasteiger partial charge in [0, 0.05) is 6.54 Å². The van der Waals surface area contributed by atoms with E-state index in [0.29, 0.717) is 22.6 Å². The van der Waals surface area contributed by atoms with Crippen LogP contribution in [0.1, 0.15) is 40.5 Å². The molecule has 1 aromatic carbocycles. The van der Waals surface area contributed by atoms with E-state index in [1.54, 1.807) is 19.1 Å². The Bertz CT molecular complexity index is 623. The molecule has 1 aliphatic rings. The van der Waals surface area contributed by atoms with Crippen LogP contribution in [0.5, 0.6) is 0 Å². The van der Waals surface area contributed by atoms with Crippen molar-refractivity contribution in [1.82, 2.24) is 9.80 Å². The zero-order valence-electron chi connectivity index (χ0n) is 13.1. The van der Waals surface area contributed by atoms with E-state index in [1.165, 1.54) is 12.1 Å². The first-order valence-corrected chi connectivity index (χ1v) is 7.54. The molecule has 0 bridgehead atoms. The quantitative estimate of drug-likeness (QED) is 0.746. The molecule has 0 unspecified atom stereocenters. The van der Waals surface area contributed by atoms with Crippen molar-refractivity contribution in [3.63, 3.8) is 0 Å². The van der Waals surface area contributed by atoms with Crippen LogP contribution in [-0.4, -0.2) is 53.3 Å². The Labute approximate surface area is 137 Å². The summed E-state index contributed by atoms with van der Waals surface area (Å²) >= 11 is 0. The highest BCUT2D eigenvalue weighted by Gasteiger charge is 2.38. The summed E-state index contributed by atoms with van der Waals surface area (Å²) in [4.78, 5) is 37.9. The van der Waals surface area contributed by atoms with Gasteiger partial charge in [0.25, 0.3) is 11.8 Å². The number of hydrogen-bond donors (Lipinski definition) is 0. The third-order valence-electron chi connectivity index (χ3n) is 3.68. The van der Waals surface area contributed by atoms with Crippen LogP contribution in [-0.2, 0) is 4.79 Å². The SMILES string of the molecule is CCCCN(CC(F)(F)F)C(=O)CN1C(=O)c2ccccc2C1=O. The van der Waals surface area contributed by atoms with Crippen molar-refractivity contribution in [3.05, 3.63) is 35.4 Å². The lowest BCUT2D eigenvalue weighted by molar-refractivity contribution is -0.161. The van der Waals surface area contributed by atoms with E-state index >= 15 is 0 Å². The molecule has 1 aromatic rings. The summed E-state index contributed by atoms with van der Waals surface area (Å²) in [6, 6.07) is 6.05. The Morgan fingerprint density at radius 2 is 1.67 bits per heavy atom. The third-order valence-corrected chi connectivity index (χ3v) is 3.68. The molecule has 0 radical (unpaired) electrons. The Morgan fingerprint density at radius 3 is 2.12 bits per heavy atom. The number of alkyl halides is 3. The van der Waals surface area contributed by atoms with Crippen molar-refractivity contribution in [1.29, 1.82) is 0 Å². The molecule has 0 saturated carbocycles. The average molecular weight is 342 g/mol. The van der Waals surface area contributed by atoms with E-state index in [0.717, 1.165) is 0 Å². The highest BCUT2D eigenvalue weighted by Crippen LogP contribution is 2.23. The number of imide groups is 1. The molecule has 0 aliphatic carbocycles. The van der Waals surface area contributed by atoms with Gasteiger partial charge in [-0.25, -0.2) is 0 Å². The van der Waals surface area contributed by atoms with Gasteiger partial charge in [0.2, 0.25) is 5.91 Å². The average Bonchev–Trinajstić information content (AvgIpc) is 2.76. The summed E-state index contributed by atoms with van der Waals surface area (Å²) < 4.78 is 37.9. The number of rotatable bonds is 6. The summed E-state index contributed by atoms with van der Waals surface area (Å²) in [6.07, 6.45) is -3.51. The van der Waals surface area contributed by atoms with Gasteiger partial charge in [-0.15, -0.1) is 0 Å². The monoisotopic (exact) mass is 342 g/mol. The number of unbranched alkanes of at least 4 members (excludes halogenated alkanes) is 1. The number of nitrogens with zero attached hydrogens (tertiary/aromatic N) is 2. The summed E-state index contributed by atoms with van der Waals surface area (Å²) in [7, 11) is 0. The van der Waals surface area contributed by atoms with Crippen molar-refractivity contribution in [2.24, 2.45) is 0 Å². The maximum Gasteiger partial charge on any atom is 0.406 e. The van der Waals surface area contributed by atoms with Crippen LogP contribution in [0, 0.1) is 0 Å². The molecule has 24 heavy (non-hydrogen) atoms. The minimum Gasteiger partial charge on any atom is -0.332 e. The van der Waals surface area contributed by atoms with E-state index in [4.69, 9.17) is 0 Å². The largest absolute Gasteiger partial charge is 0.406 e. The van der Waals surface area contributed by atoms with Crippen molar-refractivity contribution < 1.29 is 27.6 Å². The van der Waals surface area contributed by atoms with Crippen LogP contribution >= 0.6 is 0 Å². The fraction of sp³-hybridized carbons (Fsp3) is 0.438. The van der Waals surface area contributed by atoms with Gasteiger partial charge >= 0.3 is 6.18 Å². The van der Waals surface area contributed by atoms with E-state index in [1.807, 2.05) is 0 Å². The lowest BCUT2D eigenvalue weighted by atomic mass is 10.1. The Balaban J connectivity index is 2.12. The van der Waals surface area contributed by atoms with Crippen LogP contribution in [0.3, 0.4) is 0 Å². The molecule has 0 atom stereocenters. The molecular weight excluding hydrogens is 325 g/mol. The van der Waals surface area contributed by atoms with E-state index < -0.39 is 37.0 Å². The zero-order chi connectivity index (χ0) is 17.9.